The fourth-order valence-electron chi connectivity index (χ4n) is 3.40. The number of hydrogen-bond donors (Lipinski definition) is 0. The van der Waals surface area contributed by atoms with E-state index < -0.39 is 40.1 Å². The number of halogens is 6. The molecule has 0 aromatic heterocycles. The normalized spacial score (nSPS) is 21.8. The number of piperidine rings is 1. The standard InChI is InChI=1S/C16H15ClF5NO/c17-12-11(18)2-1-10(13(12)19)14(24)9-3-7-23(8-4-9)15(5-6-15)16(20,21)22/h1-2,9H,3-8H2. The van der Waals surface area contributed by atoms with Gasteiger partial charge in [0, 0.05) is 5.92 Å². The van der Waals surface area contributed by atoms with Gasteiger partial charge in [-0.15, -0.1) is 0 Å². The lowest BCUT2D eigenvalue weighted by molar-refractivity contribution is -0.199. The number of alkyl halides is 3. The Morgan fingerprint density at radius 3 is 2.25 bits per heavy atom. The highest BCUT2D eigenvalue weighted by Crippen LogP contribution is 2.54. The van der Waals surface area contributed by atoms with Gasteiger partial charge in [-0.2, -0.15) is 13.2 Å². The molecule has 0 unspecified atom stereocenters. The molecule has 2 nitrogen and oxygen atoms in total. The van der Waals surface area contributed by atoms with Crippen LogP contribution in [-0.2, 0) is 0 Å². The average molecular weight is 368 g/mol. The van der Waals surface area contributed by atoms with Crippen LogP contribution in [0.5, 0.6) is 0 Å². The van der Waals surface area contributed by atoms with Crippen molar-refractivity contribution in [1.82, 2.24) is 4.90 Å². The van der Waals surface area contributed by atoms with Gasteiger partial charge in [0.1, 0.15) is 16.4 Å². The highest BCUT2D eigenvalue weighted by Gasteiger charge is 2.66. The molecule has 0 atom stereocenters. The van der Waals surface area contributed by atoms with Gasteiger partial charge in [-0.25, -0.2) is 8.78 Å². The molecule has 1 aromatic carbocycles. The molecule has 1 aliphatic carbocycles. The lowest BCUT2D eigenvalue weighted by Gasteiger charge is -2.38. The van der Waals surface area contributed by atoms with Crippen LogP contribution in [0.2, 0.25) is 5.02 Å². The Morgan fingerprint density at radius 2 is 1.75 bits per heavy atom. The highest BCUT2D eigenvalue weighted by molar-refractivity contribution is 6.31. The molecule has 2 aliphatic rings. The molecule has 0 radical (unpaired) electrons. The van der Waals surface area contributed by atoms with E-state index in [9.17, 15) is 26.7 Å². The van der Waals surface area contributed by atoms with Gasteiger partial charge in [-0.1, -0.05) is 11.6 Å². The summed E-state index contributed by atoms with van der Waals surface area (Å²) < 4.78 is 66.5. The van der Waals surface area contributed by atoms with Gasteiger partial charge >= 0.3 is 6.18 Å². The molecule has 0 amide bonds. The smallest absolute Gasteiger partial charge is 0.294 e. The fourth-order valence-corrected chi connectivity index (χ4v) is 3.57. The van der Waals surface area contributed by atoms with E-state index in [1.807, 2.05) is 0 Å². The number of Topliss-reactive ketones (excluding diaryl/α,β-unsaturated/α-hetero) is 1. The molecule has 1 aromatic rings. The van der Waals surface area contributed by atoms with Gasteiger partial charge in [0.15, 0.2) is 11.6 Å². The summed E-state index contributed by atoms with van der Waals surface area (Å²) in [5.41, 5.74) is -2.05. The van der Waals surface area contributed by atoms with Crippen molar-refractivity contribution < 1.29 is 26.7 Å². The van der Waals surface area contributed by atoms with Gasteiger partial charge in [0.2, 0.25) is 0 Å². The van der Waals surface area contributed by atoms with E-state index in [1.54, 1.807) is 0 Å². The summed E-state index contributed by atoms with van der Waals surface area (Å²) in [6, 6.07) is 1.94. The largest absolute Gasteiger partial charge is 0.406 e. The summed E-state index contributed by atoms with van der Waals surface area (Å²) in [7, 11) is 0. The van der Waals surface area contributed by atoms with Crippen LogP contribution in [0.25, 0.3) is 0 Å². The molecule has 1 aliphatic heterocycles. The van der Waals surface area contributed by atoms with Crippen LogP contribution in [-0.4, -0.2) is 35.5 Å². The van der Waals surface area contributed by atoms with E-state index in [4.69, 9.17) is 11.6 Å². The minimum atomic E-state index is -4.28. The third kappa shape index (κ3) is 2.81. The predicted molar refractivity (Wildman–Crippen MR) is 78.0 cm³/mol. The van der Waals surface area contributed by atoms with E-state index in [0.29, 0.717) is 0 Å². The summed E-state index contributed by atoms with van der Waals surface area (Å²) in [4.78, 5) is 13.8. The molecule has 8 heteroatoms. The van der Waals surface area contributed by atoms with Crippen LogP contribution >= 0.6 is 11.6 Å². The van der Waals surface area contributed by atoms with Crippen LogP contribution in [0.15, 0.2) is 12.1 Å². The van der Waals surface area contributed by atoms with Gasteiger partial charge in [0.05, 0.1) is 5.56 Å². The molecule has 0 bridgehead atoms. The van der Waals surface area contributed by atoms with Crippen molar-refractivity contribution in [1.29, 1.82) is 0 Å². The first-order valence-electron chi connectivity index (χ1n) is 7.67. The number of carbonyl (C=O) groups is 1. The number of benzene rings is 1. The van der Waals surface area contributed by atoms with E-state index >= 15 is 0 Å². The first kappa shape index (κ1) is 17.6. The zero-order valence-electron chi connectivity index (χ0n) is 12.6. The van der Waals surface area contributed by atoms with Crippen LogP contribution in [0.4, 0.5) is 22.0 Å². The van der Waals surface area contributed by atoms with Crippen molar-refractivity contribution in [3.63, 3.8) is 0 Å². The van der Waals surface area contributed by atoms with E-state index in [0.717, 1.165) is 12.1 Å². The SMILES string of the molecule is O=C(c1ccc(F)c(Cl)c1F)C1CCN(C2(C(F)(F)F)CC2)CC1. The topological polar surface area (TPSA) is 20.3 Å². The maximum atomic E-state index is 13.9. The molecule has 1 heterocycles. The molecule has 0 spiro atoms. The Hall–Kier alpha value is -1.21. The number of likely N-dealkylation sites (tertiary alicyclic amines) is 1. The maximum absolute atomic E-state index is 13.9. The second-order valence-corrected chi connectivity index (χ2v) is 6.76. The Bertz CT molecular complexity index is 663. The third-order valence-electron chi connectivity index (χ3n) is 5.02. The van der Waals surface area contributed by atoms with Crippen molar-refractivity contribution in [3.8, 4) is 0 Å². The number of rotatable bonds is 3. The monoisotopic (exact) mass is 367 g/mol. The lowest BCUT2D eigenvalue weighted by Crippen LogP contribution is -2.52. The van der Waals surface area contributed by atoms with Crippen molar-refractivity contribution in [2.45, 2.75) is 37.4 Å². The third-order valence-corrected chi connectivity index (χ3v) is 5.37. The Labute approximate surface area is 140 Å². The van der Waals surface area contributed by atoms with Gasteiger partial charge < -0.3 is 0 Å². The van der Waals surface area contributed by atoms with Crippen LogP contribution in [0.3, 0.4) is 0 Å². The first-order chi connectivity index (χ1) is 11.2. The van der Waals surface area contributed by atoms with Crippen LogP contribution in [0.1, 0.15) is 36.0 Å². The zero-order valence-corrected chi connectivity index (χ0v) is 13.4. The first-order valence-corrected chi connectivity index (χ1v) is 8.05. The fraction of sp³-hybridized carbons (Fsp3) is 0.562. The molecule has 132 valence electrons. The van der Waals surface area contributed by atoms with Gasteiger partial charge in [-0.3, -0.25) is 9.69 Å². The minimum Gasteiger partial charge on any atom is -0.294 e. The van der Waals surface area contributed by atoms with Gasteiger partial charge in [-0.05, 0) is 50.9 Å². The molecule has 2 fully saturated rings. The number of ketones is 1. The van der Waals surface area contributed by atoms with Crippen molar-refractivity contribution >= 4 is 17.4 Å². The van der Waals surface area contributed by atoms with Crippen LogP contribution < -0.4 is 0 Å². The predicted octanol–water partition coefficient (Wildman–Crippen LogP) is 4.61. The van der Waals surface area contributed by atoms with Crippen molar-refractivity contribution in [2.24, 2.45) is 5.92 Å². The molecule has 1 saturated carbocycles. The minimum absolute atomic E-state index is 0.0807. The van der Waals surface area contributed by atoms with E-state index in [2.05, 4.69) is 0 Å². The second-order valence-electron chi connectivity index (χ2n) is 6.38. The molecular formula is C16H15ClF5NO. The Morgan fingerprint density at radius 1 is 1.17 bits per heavy atom. The quantitative estimate of drug-likeness (QED) is 0.442. The summed E-state index contributed by atoms with van der Waals surface area (Å²) in [6.45, 7) is 0.263. The van der Waals surface area contributed by atoms with E-state index in [1.165, 1.54) is 4.90 Å². The lowest BCUT2D eigenvalue weighted by atomic mass is 9.88. The molecule has 1 saturated heterocycles. The Kier molecular flexibility index (Phi) is 4.36. The number of hydrogen-bond acceptors (Lipinski definition) is 2. The molecular weight excluding hydrogens is 353 g/mol. The van der Waals surface area contributed by atoms with Gasteiger partial charge in [0.25, 0.3) is 0 Å². The summed E-state index contributed by atoms with van der Waals surface area (Å²) in [5.74, 6) is -3.19. The summed E-state index contributed by atoms with van der Waals surface area (Å²) in [6.07, 6.45) is -3.69. The maximum Gasteiger partial charge on any atom is 0.406 e. The zero-order chi connectivity index (χ0) is 17.7. The van der Waals surface area contributed by atoms with E-state index in [-0.39, 0.29) is 44.3 Å². The summed E-state index contributed by atoms with van der Waals surface area (Å²) >= 11 is 5.47. The highest BCUT2D eigenvalue weighted by atomic mass is 35.5. The number of nitrogens with zero attached hydrogens (tertiary/aromatic N) is 1. The molecule has 3 rings (SSSR count). The summed E-state index contributed by atoms with van der Waals surface area (Å²) in [5, 5.41) is -0.743. The van der Waals surface area contributed by atoms with Crippen LogP contribution in [0, 0.1) is 17.6 Å². The number of carbonyl (C=O) groups excluding carboxylic acids is 1. The van der Waals surface area contributed by atoms with Crippen molar-refractivity contribution in [2.75, 3.05) is 13.1 Å². The van der Waals surface area contributed by atoms with Crippen molar-refractivity contribution in [3.05, 3.63) is 34.4 Å². The molecule has 24 heavy (non-hydrogen) atoms. The second kappa shape index (κ2) is 5.95. The average Bonchev–Trinajstić information content (AvgIpc) is 3.34. The molecule has 0 N–H and O–H groups in total. The Balaban J connectivity index is 1.69.